The Bertz CT molecular complexity index is 811. The molecule has 0 unspecified atom stereocenters. The molecule has 3 rings (SSSR count). The number of rotatable bonds is 3. The van der Waals surface area contributed by atoms with Gasteiger partial charge in [-0.1, -0.05) is 23.7 Å². The molecule has 0 bridgehead atoms. The van der Waals surface area contributed by atoms with Crippen molar-refractivity contribution in [2.24, 2.45) is 0 Å². The second kappa shape index (κ2) is 6.37. The maximum Gasteiger partial charge on any atom is 0.282 e. The second-order valence-electron chi connectivity index (χ2n) is 5.60. The van der Waals surface area contributed by atoms with E-state index in [1.54, 1.807) is 30.3 Å². The lowest BCUT2D eigenvalue weighted by Gasteiger charge is -2.14. The number of hydrogen-bond donors (Lipinski definition) is 1. The number of amides is 2. The lowest BCUT2D eigenvalue weighted by Crippen LogP contribution is -2.35. The highest BCUT2D eigenvalue weighted by Gasteiger charge is 2.34. The minimum absolute atomic E-state index is 0.0996. The van der Waals surface area contributed by atoms with Crippen LogP contribution in [0.4, 0.5) is 11.4 Å². The van der Waals surface area contributed by atoms with E-state index in [1.165, 1.54) is 5.01 Å². The average Bonchev–Trinajstić information content (AvgIpc) is 2.84. The van der Waals surface area contributed by atoms with E-state index in [9.17, 15) is 9.59 Å². The van der Waals surface area contributed by atoms with E-state index in [2.05, 4.69) is 5.43 Å². The van der Waals surface area contributed by atoms with Gasteiger partial charge in [0.2, 0.25) is 0 Å². The van der Waals surface area contributed by atoms with E-state index in [4.69, 9.17) is 11.6 Å². The first-order valence-corrected chi connectivity index (χ1v) is 7.73. The van der Waals surface area contributed by atoms with Crippen LogP contribution in [0.15, 0.2) is 54.1 Å². The van der Waals surface area contributed by atoms with E-state index in [0.29, 0.717) is 10.7 Å². The second-order valence-corrected chi connectivity index (χ2v) is 6.04. The van der Waals surface area contributed by atoms with Crippen LogP contribution in [0.5, 0.6) is 0 Å². The number of hydrogen-bond acceptors (Lipinski definition) is 3. The van der Waals surface area contributed by atoms with E-state index < -0.39 is 5.91 Å². The maximum absolute atomic E-state index is 12.5. The first-order chi connectivity index (χ1) is 11.5. The number of nitrogens with zero attached hydrogens (tertiary/aromatic N) is 2. The molecule has 2 aromatic carbocycles. The molecule has 2 amide bonds. The predicted octanol–water partition coefficient (Wildman–Crippen LogP) is 2.87. The van der Waals surface area contributed by atoms with Gasteiger partial charge >= 0.3 is 0 Å². The summed E-state index contributed by atoms with van der Waals surface area (Å²) < 4.78 is 0. The average molecular weight is 342 g/mol. The van der Waals surface area contributed by atoms with Crippen LogP contribution in [0.2, 0.25) is 5.02 Å². The zero-order valence-electron chi connectivity index (χ0n) is 13.3. The molecule has 0 atom stereocenters. The van der Waals surface area contributed by atoms with Crippen molar-refractivity contribution >= 4 is 40.9 Å². The van der Waals surface area contributed by atoms with E-state index in [-0.39, 0.29) is 11.5 Å². The van der Waals surface area contributed by atoms with Gasteiger partial charge in [-0.2, -0.15) is 0 Å². The van der Waals surface area contributed by atoms with Gasteiger partial charge in [0, 0.05) is 24.8 Å². The molecule has 1 saturated heterocycles. The molecule has 122 valence electrons. The molecule has 0 aromatic heterocycles. The third-order valence-corrected chi connectivity index (χ3v) is 3.95. The molecule has 0 radical (unpaired) electrons. The Kier molecular flexibility index (Phi) is 4.27. The summed E-state index contributed by atoms with van der Waals surface area (Å²) in [5.41, 5.74) is 5.06. The summed E-state index contributed by atoms with van der Waals surface area (Å²) in [5.74, 6) is -0.814. The fourth-order valence-electron chi connectivity index (χ4n) is 2.36. The summed E-state index contributed by atoms with van der Waals surface area (Å²) >= 11 is 5.85. The van der Waals surface area contributed by atoms with Crippen molar-refractivity contribution in [3.63, 3.8) is 0 Å². The van der Waals surface area contributed by atoms with E-state index in [0.717, 1.165) is 11.3 Å². The van der Waals surface area contributed by atoms with Crippen LogP contribution < -0.4 is 15.3 Å². The summed E-state index contributed by atoms with van der Waals surface area (Å²) in [6.07, 6.45) is 1.59. The molecule has 2 aromatic rings. The monoisotopic (exact) mass is 341 g/mol. The van der Waals surface area contributed by atoms with Crippen LogP contribution >= 0.6 is 11.6 Å². The molecular weight excluding hydrogens is 326 g/mol. The topological polar surface area (TPSA) is 52.7 Å². The van der Waals surface area contributed by atoms with Crippen molar-refractivity contribution in [2.75, 3.05) is 24.0 Å². The fraction of sp³-hybridized carbons (Fsp3) is 0.111. The molecule has 1 heterocycles. The lowest BCUT2D eigenvalue weighted by molar-refractivity contribution is -0.117. The molecule has 1 fully saturated rings. The number of carbonyl (C=O) groups is 2. The van der Waals surface area contributed by atoms with Gasteiger partial charge < -0.3 is 4.90 Å². The van der Waals surface area contributed by atoms with Crippen molar-refractivity contribution in [3.05, 3.63) is 64.7 Å². The van der Waals surface area contributed by atoms with Gasteiger partial charge in [-0.3, -0.25) is 15.0 Å². The van der Waals surface area contributed by atoms with Crippen molar-refractivity contribution in [1.29, 1.82) is 0 Å². The van der Waals surface area contributed by atoms with Crippen LogP contribution in [-0.2, 0) is 9.59 Å². The Morgan fingerprint density at radius 2 is 1.62 bits per heavy atom. The zero-order valence-corrected chi connectivity index (χ0v) is 14.0. The summed E-state index contributed by atoms with van der Waals surface area (Å²) in [7, 11) is 3.90. The van der Waals surface area contributed by atoms with Crippen LogP contribution in [0, 0.1) is 0 Å². The van der Waals surface area contributed by atoms with Crippen molar-refractivity contribution in [2.45, 2.75) is 0 Å². The van der Waals surface area contributed by atoms with E-state index >= 15 is 0 Å². The molecular formula is C18H16ClN3O2. The quantitative estimate of drug-likeness (QED) is 0.690. The van der Waals surface area contributed by atoms with Crippen molar-refractivity contribution in [3.8, 4) is 0 Å². The SMILES string of the molecule is CN(C)c1ccc(/C=C2/C(=O)NN(c3ccc(Cl)cc3)C2=O)cc1. The highest BCUT2D eigenvalue weighted by atomic mass is 35.5. The first kappa shape index (κ1) is 16.1. The molecule has 24 heavy (non-hydrogen) atoms. The van der Waals surface area contributed by atoms with Gasteiger partial charge in [0.15, 0.2) is 0 Å². The Morgan fingerprint density at radius 3 is 2.21 bits per heavy atom. The van der Waals surface area contributed by atoms with Gasteiger partial charge in [0.1, 0.15) is 5.57 Å². The lowest BCUT2D eigenvalue weighted by atomic mass is 10.1. The fourth-order valence-corrected chi connectivity index (χ4v) is 2.49. The zero-order chi connectivity index (χ0) is 17.3. The Balaban J connectivity index is 1.87. The molecule has 1 aliphatic rings. The van der Waals surface area contributed by atoms with Gasteiger partial charge in [-0.15, -0.1) is 0 Å². The number of hydrazine groups is 1. The normalized spacial score (nSPS) is 15.8. The van der Waals surface area contributed by atoms with Crippen LogP contribution in [0.1, 0.15) is 5.56 Å². The maximum atomic E-state index is 12.5. The summed E-state index contributed by atoms with van der Waals surface area (Å²) in [6.45, 7) is 0. The molecule has 6 heteroatoms. The largest absolute Gasteiger partial charge is 0.378 e. The van der Waals surface area contributed by atoms with Crippen molar-refractivity contribution < 1.29 is 9.59 Å². The number of benzene rings is 2. The summed E-state index contributed by atoms with van der Waals surface area (Å²) in [4.78, 5) is 26.6. The molecule has 1 aliphatic heterocycles. The minimum Gasteiger partial charge on any atom is -0.378 e. The van der Waals surface area contributed by atoms with Gasteiger partial charge in [0.25, 0.3) is 11.8 Å². The molecule has 0 saturated carbocycles. The van der Waals surface area contributed by atoms with Crippen molar-refractivity contribution in [1.82, 2.24) is 5.43 Å². The predicted molar refractivity (Wildman–Crippen MR) is 95.8 cm³/mol. The Labute approximate surface area is 145 Å². The smallest absolute Gasteiger partial charge is 0.282 e. The van der Waals surface area contributed by atoms with Gasteiger partial charge in [-0.05, 0) is 48.0 Å². The molecule has 1 N–H and O–H groups in total. The third kappa shape index (κ3) is 3.12. The Hall–Kier alpha value is -2.79. The highest BCUT2D eigenvalue weighted by Crippen LogP contribution is 2.23. The molecule has 5 nitrogen and oxygen atoms in total. The summed E-state index contributed by atoms with van der Waals surface area (Å²) in [5, 5.41) is 1.78. The first-order valence-electron chi connectivity index (χ1n) is 7.36. The summed E-state index contributed by atoms with van der Waals surface area (Å²) in [6, 6.07) is 14.3. The standard InChI is InChI=1S/C18H16ClN3O2/c1-21(2)14-7-3-12(4-8-14)11-16-17(23)20-22(18(16)24)15-9-5-13(19)6-10-15/h3-11H,1-2H3,(H,20,23)/b16-11-. The van der Waals surface area contributed by atoms with Crippen LogP contribution in [0.3, 0.4) is 0 Å². The van der Waals surface area contributed by atoms with Crippen LogP contribution in [-0.4, -0.2) is 25.9 Å². The van der Waals surface area contributed by atoms with Gasteiger partial charge in [-0.25, -0.2) is 5.01 Å². The number of carbonyl (C=O) groups excluding carboxylic acids is 2. The molecule has 0 spiro atoms. The number of nitrogens with one attached hydrogen (secondary N) is 1. The highest BCUT2D eigenvalue weighted by molar-refractivity contribution is 6.32. The van der Waals surface area contributed by atoms with Crippen LogP contribution in [0.25, 0.3) is 6.08 Å². The van der Waals surface area contributed by atoms with E-state index in [1.807, 2.05) is 43.3 Å². The third-order valence-electron chi connectivity index (χ3n) is 3.70. The number of halogens is 1. The van der Waals surface area contributed by atoms with Gasteiger partial charge in [0.05, 0.1) is 5.69 Å². The number of anilines is 2. The molecule has 0 aliphatic carbocycles. The Morgan fingerprint density at radius 1 is 1.00 bits per heavy atom. The minimum atomic E-state index is -0.424.